The van der Waals surface area contributed by atoms with Gasteiger partial charge in [0.05, 0.1) is 38.3 Å². The van der Waals surface area contributed by atoms with Gasteiger partial charge in [-0.3, -0.25) is 9.59 Å². The largest absolute Gasteiger partial charge is 0.469 e. The molecule has 160 valence electrons. The Hall–Kier alpha value is -1.93. The highest BCUT2D eigenvalue weighted by molar-refractivity contribution is 7.17. The third kappa shape index (κ3) is 5.17. The molecule has 8 heteroatoms. The Balaban J connectivity index is 1.66. The monoisotopic (exact) mass is 423 g/mol. The van der Waals surface area contributed by atoms with Gasteiger partial charge in [-0.05, 0) is 37.7 Å². The fraction of sp³-hybridized carbons (Fsp3) is 0.667. The van der Waals surface area contributed by atoms with E-state index in [0.717, 1.165) is 55.7 Å². The SMILES string of the molecule is CCOC(=O)c1c(NC(=O)C[NH+]2CCC(C(=O)OC)CC2)sc2c1CC[C@@H](C)C2. The Morgan fingerprint density at radius 1 is 1.21 bits per heavy atom. The lowest BCUT2D eigenvalue weighted by Gasteiger charge is -2.27. The van der Waals surface area contributed by atoms with Crippen LogP contribution in [0.1, 0.15) is 53.9 Å². The summed E-state index contributed by atoms with van der Waals surface area (Å²) >= 11 is 1.51. The lowest BCUT2D eigenvalue weighted by Crippen LogP contribution is -3.14. The second-order valence-corrected chi connectivity index (χ2v) is 9.15. The highest BCUT2D eigenvalue weighted by Gasteiger charge is 2.31. The van der Waals surface area contributed by atoms with Gasteiger partial charge in [-0.2, -0.15) is 0 Å². The van der Waals surface area contributed by atoms with Crippen LogP contribution in [0.4, 0.5) is 5.00 Å². The normalized spacial score (nSPS) is 23.8. The van der Waals surface area contributed by atoms with Crippen LogP contribution >= 0.6 is 11.3 Å². The molecule has 0 radical (unpaired) electrons. The summed E-state index contributed by atoms with van der Waals surface area (Å²) in [6, 6.07) is 0. The first-order valence-corrected chi connectivity index (χ1v) is 11.3. The molecule has 29 heavy (non-hydrogen) atoms. The van der Waals surface area contributed by atoms with E-state index < -0.39 is 0 Å². The fourth-order valence-electron chi connectivity index (χ4n) is 4.26. The topological polar surface area (TPSA) is 86.1 Å². The zero-order valence-corrected chi connectivity index (χ0v) is 18.3. The van der Waals surface area contributed by atoms with Gasteiger partial charge in [0.15, 0.2) is 6.54 Å². The Morgan fingerprint density at radius 2 is 1.93 bits per heavy atom. The van der Waals surface area contributed by atoms with E-state index in [1.807, 2.05) is 0 Å². The minimum atomic E-state index is -0.346. The van der Waals surface area contributed by atoms with E-state index in [2.05, 4.69) is 12.2 Å². The summed E-state index contributed by atoms with van der Waals surface area (Å²) in [4.78, 5) is 39.3. The van der Waals surface area contributed by atoms with Crippen LogP contribution in [0.3, 0.4) is 0 Å². The maximum Gasteiger partial charge on any atom is 0.341 e. The number of thiophene rings is 1. The molecule has 0 spiro atoms. The summed E-state index contributed by atoms with van der Waals surface area (Å²) in [5, 5.41) is 3.60. The molecule has 1 saturated heterocycles. The van der Waals surface area contributed by atoms with Crippen LogP contribution in [0, 0.1) is 11.8 Å². The van der Waals surface area contributed by atoms with Crippen LogP contribution in [0.15, 0.2) is 0 Å². The van der Waals surface area contributed by atoms with Gasteiger partial charge in [0.25, 0.3) is 5.91 Å². The van der Waals surface area contributed by atoms with Crippen LogP contribution in [-0.2, 0) is 31.9 Å². The van der Waals surface area contributed by atoms with Crippen molar-refractivity contribution in [3.63, 3.8) is 0 Å². The van der Waals surface area contributed by atoms with E-state index in [1.165, 1.54) is 23.3 Å². The first-order valence-electron chi connectivity index (χ1n) is 10.5. The van der Waals surface area contributed by atoms with E-state index in [4.69, 9.17) is 9.47 Å². The van der Waals surface area contributed by atoms with Crippen LogP contribution < -0.4 is 10.2 Å². The number of piperidine rings is 1. The first kappa shape index (κ1) is 21.8. The van der Waals surface area contributed by atoms with Gasteiger partial charge < -0.3 is 19.7 Å². The van der Waals surface area contributed by atoms with Gasteiger partial charge in [-0.25, -0.2) is 4.79 Å². The van der Waals surface area contributed by atoms with Gasteiger partial charge in [0, 0.05) is 17.7 Å². The van der Waals surface area contributed by atoms with E-state index in [1.54, 1.807) is 6.92 Å². The average molecular weight is 424 g/mol. The predicted octanol–water partition coefficient (Wildman–Crippen LogP) is 1.46. The number of fused-ring (bicyclic) bond motifs is 1. The smallest absolute Gasteiger partial charge is 0.341 e. The molecule has 7 nitrogen and oxygen atoms in total. The number of amides is 1. The summed E-state index contributed by atoms with van der Waals surface area (Å²) < 4.78 is 10.1. The number of hydrogen-bond donors (Lipinski definition) is 2. The highest BCUT2D eigenvalue weighted by Crippen LogP contribution is 2.40. The number of quaternary nitrogens is 1. The number of nitrogens with one attached hydrogen (secondary N) is 2. The first-order chi connectivity index (χ1) is 13.9. The van der Waals surface area contributed by atoms with Crippen molar-refractivity contribution in [1.82, 2.24) is 0 Å². The third-order valence-electron chi connectivity index (χ3n) is 5.88. The maximum atomic E-state index is 12.7. The molecule has 1 atom stereocenters. The number of rotatable bonds is 6. The standard InChI is InChI=1S/C21H30N2O5S/c1-4-28-21(26)18-15-6-5-13(2)11-16(15)29-19(18)22-17(24)12-23-9-7-14(8-10-23)20(25)27-3/h13-14H,4-12H2,1-3H3,(H,22,24)/p+1/t13-/m1/s1. The van der Waals surface area contributed by atoms with Crippen molar-refractivity contribution >= 4 is 34.2 Å². The number of carbonyl (C=O) groups is 3. The van der Waals surface area contributed by atoms with E-state index in [9.17, 15) is 14.4 Å². The molecule has 0 bridgehead atoms. The van der Waals surface area contributed by atoms with Gasteiger partial charge >= 0.3 is 11.9 Å². The van der Waals surface area contributed by atoms with Crippen molar-refractivity contribution in [2.45, 2.75) is 46.0 Å². The Bertz CT molecular complexity index is 767. The molecule has 1 aromatic rings. The van der Waals surface area contributed by atoms with Gasteiger partial charge in [-0.15, -0.1) is 11.3 Å². The average Bonchev–Trinajstić information content (AvgIpc) is 3.04. The molecule has 0 aromatic carbocycles. The molecule has 1 aliphatic heterocycles. The molecule has 1 aliphatic carbocycles. The van der Waals surface area contributed by atoms with Crippen molar-refractivity contribution in [1.29, 1.82) is 0 Å². The lowest BCUT2D eigenvalue weighted by molar-refractivity contribution is -0.897. The lowest BCUT2D eigenvalue weighted by atomic mass is 9.88. The molecule has 2 N–H and O–H groups in total. The molecule has 1 amide bonds. The summed E-state index contributed by atoms with van der Waals surface area (Å²) in [7, 11) is 1.41. The third-order valence-corrected chi connectivity index (χ3v) is 7.05. The number of methoxy groups -OCH3 is 1. The Kier molecular flexibility index (Phi) is 7.29. The van der Waals surface area contributed by atoms with Crippen molar-refractivity contribution in [3.8, 4) is 0 Å². The molecule has 0 saturated carbocycles. The van der Waals surface area contributed by atoms with Gasteiger partial charge in [0.1, 0.15) is 5.00 Å². The number of anilines is 1. The number of esters is 2. The molecule has 2 aliphatic rings. The predicted molar refractivity (Wildman–Crippen MR) is 110 cm³/mol. The molecule has 0 unspecified atom stereocenters. The van der Waals surface area contributed by atoms with E-state index >= 15 is 0 Å². The van der Waals surface area contributed by atoms with Gasteiger partial charge in [0.2, 0.25) is 0 Å². The van der Waals surface area contributed by atoms with Gasteiger partial charge in [-0.1, -0.05) is 6.92 Å². The highest BCUT2D eigenvalue weighted by atomic mass is 32.1. The maximum absolute atomic E-state index is 12.7. The van der Waals surface area contributed by atoms with Crippen LogP contribution in [0.25, 0.3) is 0 Å². The molecule has 1 fully saturated rings. The second kappa shape index (κ2) is 9.71. The molecule has 1 aromatic heterocycles. The summed E-state index contributed by atoms with van der Waals surface area (Å²) in [5.74, 6) is -0.0886. The molecule has 3 rings (SSSR count). The fourth-order valence-corrected chi connectivity index (χ4v) is 5.68. The van der Waals surface area contributed by atoms with E-state index in [0.29, 0.717) is 29.6 Å². The zero-order chi connectivity index (χ0) is 21.0. The van der Waals surface area contributed by atoms with Crippen molar-refractivity contribution in [3.05, 3.63) is 16.0 Å². The summed E-state index contributed by atoms with van der Waals surface area (Å²) in [6.45, 7) is 6.17. The number of hydrogen-bond acceptors (Lipinski definition) is 6. The number of likely N-dealkylation sites (tertiary alicyclic amines) is 1. The van der Waals surface area contributed by atoms with Crippen LogP contribution in [0.2, 0.25) is 0 Å². The van der Waals surface area contributed by atoms with Crippen molar-refractivity contribution < 1.29 is 28.8 Å². The number of ether oxygens (including phenoxy) is 2. The zero-order valence-electron chi connectivity index (χ0n) is 17.5. The van der Waals surface area contributed by atoms with Crippen LogP contribution in [-0.4, -0.2) is 51.2 Å². The van der Waals surface area contributed by atoms with Crippen molar-refractivity contribution in [2.75, 3.05) is 38.7 Å². The minimum Gasteiger partial charge on any atom is -0.469 e. The van der Waals surface area contributed by atoms with E-state index in [-0.39, 0.29) is 23.8 Å². The molecular weight excluding hydrogens is 392 g/mol. The molecular formula is C21H31N2O5S+. The quantitative estimate of drug-likeness (QED) is 0.677. The van der Waals surface area contributed by atoms with Crippen LogP contribution in [0.5, 0.6) is 0 Å². The molecule has 2 heterocycles. The van der Waals surface area contributed by atoms with Crippen molar-refractivity contribution in [2.24, 2.45) is 11.8 Å². The Morgan fingerprint density at radius 3 is 2.59 bits per heavy atom. The summed E-state index contributed by atoms with van der Waals surface area (Å²) in [5.41, 5.74) is 1.60. The Labute approximate surface area is 175 Å². The minimum absolute atomic E-state index is 0.0618. The number of carbonyl (C=O) groups excluding carboxylic acids is 3. The summed E-state index contributed by atoms with van der Waals surface area (Å²) in [6.07, 6.45) is 4.30. The second-order valence-electron chi connectivity index (χ2n) is 8.05.